The van der Waals surface area contributed by atoms with Crippen molar-refractivity contribution < 1.29 is 110 Å². The molecule has 0 unspecified atom stereocenters. The van der Waals surface area contributed by atoms with Gasteiger partial charge in [0.15, 0.2) is 17.3 Å². The van der Waals surface area contributed by atoms with Gasteiger partial charge in [-0.05, 0) is 94.9 Å². The molecule has 0 amide bonds. The molecule has 18 heteroatoms. The largest absolute Gasteiger partial charge is 3.00 e. The Bertz CT molecular complexity index is 2290. The smallest absolute Gasteiger partial charge is 0.869 e. The van der Waals surface area contributed by atoms with Crippen LogP contribution in [0.1, 0.15) is 68.4 Å². The number of nitrogens with zero attached hydrogens (tertiary/aromatic N) is 2. The summed E-state index contributed by atoms with van der Waals surface area (Å²) in [5.41, 5.74) is 5.59. The van der Waals surface area contributed by atoms with Crippen molar-refractivity contribution in [2.24, 2.45) is 11.3 Å². The summed E-state index contributed by atoms with van der Waals surface area (Å²) in [5, 5.41) is 31.3. The second-order valence-electron chi connectivity index (χ2n) is 14.7. The molecule has 1 radical (unpaired) electrons. The number of ketones is 3. The number of allylic oxidation sites excluding steroid dienone is 6. The molecule has 65 heavy (non-hydrogen) atoms. The average Bonchev–Trinajstić information content (AvgIpc) is 3.26. The first kappa shape index (κ1) is 53.6. The molecule has 3 aliphatic carbocycles. The number of pyridine rings is 2. The predicted molar refractivity (Wildman–Crippen MR) is 211 cm³/mol. The molecule has 3 aliphatic rings. The van der Waals surface area contributed by atoms with Gasteiger partial charge in [0.25, 0.3) is 0 Å². The van der Waals surface area contributed by atoms with Gasteiger partial charge in [0.1, 0.15) is 0 Å². The first-order valence-corrected chi connectivity index (χ1v) is 19.0. The van der Waals surface area contributed by atoms with Gasteiger partial charge in [0, 0.05) is 29.1 Å². The summed E-state index contributed by atoms with van der Waals surface area (Å²) in [6.45, 7) is 4.81. The molecular formula is C47H36F9N2O6Sm. The van der Waals surface area contributed by atoms with Crippen molar-refractivity contribution in [1.29, 1.82) is 0 Å². The van der Waals surface area contributed by atoms with Gasteiger partial charge in [-0.25, -0.2) is 0 Å². The van der Waals surface area contributed by atoms with E-state index < -0.39 is 53.2 Å². The third-order valence-electron chi connectivity index (χ3n) is 10.1. The molecule has 8 nitrogen and oxygen atoms in total. The second-order valence-corrected chi connectivity index (χ2v) is 14.7. The molecule has 2 bridgehead atoms. The zero-order valence-corrected chi connectivity index (χ0v) is 36.7. The van der Waals surface area contributed by atoms with E-state index in [4.69, 9.17) is 0 Å². The van der Waals surface area contributed by atoms with Crippen LogP contribution in [0.3, 0.4) is 0 Å². The average molecular weight is 1050 g/mol. The van der Waals surface area contributed by atoms with Crippen LogP contribution in [0.25, 0.3) is 11.4 Å². The summed E-state index contributed by atoms with van der Waals surface area (Å²) >= 11 is 0. The molecule has 0 N–H and O–H groups in total. The van der Waals surface area contributed by atoms with Crippen LogP contribution in [0.5, 0.6) is 0 Å². The van der Waals surface area contributed by atoms with Gasteiger partial charge in [-0.15, -0.1) is 0 Å². The van der Waals surface area contributed by atoms with Crippen molar-refractivity contribution in [3.05, 3.63) is 191 Å². The number of carbonyl (C=O) groups is 3. The minimum absolute atomic E-state index is 0. The Hall–Kier alpha value is -5.70. The van der Waals surface area contributed by atoms with Crippen molar-refractivity contribution >= 4 is 17.3 Å². The maximum atomic E-state index is 11.8. The Kier molecular flexibility index (Phi) is 18.9. The molecule has 0 saturated heterocycles. The normalized spacial score (nSPS) is 16.4. The second kappa shape index (κ2) is 23.0. The molecule has 0 spiro atoms. The Morgan fingerprint density at radius 2 is 0.938 bits per heavy atom. The van der Waals surface area contributed by atoms with E-state index in [0.29, 0.717) is 11.3 Å². The molecule has 0 aliphatic heterocycles. The quantitative estimate of drug-likeness (QED) is 0.0681. The third-order valence-corrected chi connectivity index (χ3v) is 10.1. The van der Waals surface area contributed by atoms with Gasteiger partial charge in [-0.3, -0.25) is 24.4 Å². The number of halogens is 9. The number of alkyl halides is 9. The van der Waals surface area contributed by atoms with Crippen LogP contribution >= 0.6 is 0 Å². The standard InChI is InChI=1S/C17H18N2.3C10H7F3O2.Sm/c1-17(2)12-7-11-8-16(15-5-3-4-6-18-15)19-10-13(11)14(17)9-12;3*11-10(12,13)9(15)6-8(14)7-4-2-1-3-5-7;/h3-6,8,10,12,14H,7,9H2,1-2H3;3*1-6,15H;/q;;;;+3/p-3/b;3*9-6-;/t12-,14-;;;;/m1..../s1. The van der Waals surface area contributed by atoms with Crippen LogP contribution in [0.4, 0.5) is 39.5 Å². The monoisotopic (exact) mass is 1050 g/mol. The van der Waals surface area contributed by atoms with E-state index >= 15 is 0 Å². The van der Waals surface area contributed by atoms with Gasteiger partial charge < -0.3 is 15.3 Å². The summed E-state index contributed by atoms with van der Waals surface area (Å²) in [6.07, 6.45) is -8.34. The number of rotatable bonds is 7. The number of hydrogen-bond donors (Lipinski definition) is 0. The Labute approximate surface area is 399 Å². The Morgan fingerprint density at radius 3 is 1.26 bits per heavy atom. The van der Waals surface area contributed by atoms with Crippen LogP contribution in [0, 0.1) is 51.7 Å². The summed E-state index contributed by atoms with van der Waals surface area (Å²) in [4.78, 5) is 42.4. The van der Waals surface area contributed by atoms with Gasteiger partial charge in [-0.1, -0.05) is 111 Å². The van der Waals surface area contributed by atoms with Crippen molar-refractivity contribution in [3.63, 3.8) is 0 Å². The molecular weight excluding hydrogens is 1010 g/mol. The van der Waals surface area contributed by atoms with Crippen LogP contribution in [0.2, 0.25) is 0 Å². The molecule has 2 atom stereocenters. The maximum absolute atomic E-state index is 11.8. The molecule has 8 rings (SSSR count). The molecule has 3 aromatic carbocycles. The van der Waals surface area contributed by atoms with Gasteiger partial charge in [-0.2, -0.15) is 39.5 Å². The van der Waals surface area contributed by atoms with E-state index in [9.17, 15) is 69.2 Å². The van der Waals surface area contributed by atoms with E-state index in [1.54, 1.807) is 18.2 Å². The van der Waals surface area contributed by atoms with Crippen molar-refractivity contribution in [2.45, 2.75) is 51.1 Å². The van der Waals surface area contributed by atoms with Crippen LogP contribution in [-0.4, -0.2) is 45.8 Å². The van der Waals surface area contributed by atoms with E-state index in [0.717, 1.165) is 17.3 Å². The summed E-state index contributed by atoms with van der Waals surface area (Å²) in [6, 6.07) is 30.1. The number of aromatic nitrogens is 2. The summed E-state index contributed by atoms with van der Waals surface area (Å²) in [7, 11) is 0. The minimum atomic E-state index is -5.00. The third kappa shape index (κ3) is 15.5. The number of benzene rings is 3. The first-order chi connectivity index (χ1) is 29.9. The van der Waals surface area contributed by atoms with Crippen LogP contribution < -0.4 is 15.3 Å². The fourth-order valence-corrected chi connectivity index (χ4v) is 6.47. The molecule has 2 aromatic heterocycles. The Balaban J connectivity index is 0.000000231. The van der Waals surface area contributed by atoms with Gasteiger partial charge in [0.05, 0.1) is 11.4 Å². The molecule has 1 fully saturated rings. The van der Waals surface area contributed by atoms with Crippen LogP contribution in [0.15, 0.2) is 163 Å². The molecule has 5 aromatic rings. The number of carbonyl (C=O) groups excluding carboxylic acids is 3. The topological polar surface area (TPSA) is 146 Å². The van der Waals surface area contributed by atoms with E-state index in [-0.39, 0.29) is 75.3 Å². The maximum Gasteiger partial charge on any atom is 3.00 e. The Morgan fingerprint density at radius 1 is 0.569 bits per heavy atom. The fourth-order valence-electron chi connectivity index (χ4n) is 6.47. The SMILES string of the molecule is CC1(C)[C@@H]2Cc3cc(-c4ccccn4)ncc3[C@H]1C2.O=C(/C=C(\[O-])C(F)(F)F)c1ccccc1.O=C(/C=C(\[O-])C(F)(F)F)c1ccccc1.O=C(/C=C(\[O-])C(F)(F)F)c1ccccc1.[Sm+3]. The van der Waals surface area contributed by atoms with E-state index in [1.165, 1.54) is 96.8 Å². The predicted octanol–water partition coefficient (Wildman–Crippen LogP) is 8.86. The van der Waals surface area contributed by atoms with Crippen molar-refractivity contribution in [2.75, 3.05) is 0 Å². The summed E-state index contributed by atoms with van der Waals surface area (Å²) in [5.74, 6) is -7.70. The zero-order chi connectivity index (χ0) is 47.5. The fraction of sp³-hybridized carbons (Fsp3) is 0.213. The zero-order valence-electron chi connectivity index (χ0n) is 34.1. The van der Waals surface area contributed by atoms with E-state index in [2.05, 4.69) is 36.1 Å². The van der Waals surface area contributed by atoms with Gasteiger partial charge >= 0.3 is 58.9 Å². The minimum Gasteiger partial charge on any atom is -0.869 e. The molecule has 1 saturated carbocycles. The van der Waals surface area contributed by atoms with Gasteiger partial charge in [0.2, 0.25) is 0 Å². The van der Waals surface area contributed by atoms with Crippen molar-refractivity contribution in [3.8, 4) is 11.4 Å². The van der Waals surface area contributed by atoms with E-state index in [1.807, 2.05) is 24.4 Å². The molecule has 2 heterocycles. The van der Waals surface area contributed by atoms with Crippen LogP contribution in [-0.2, 0) is 6.42 Å². The molecule has 339 valence electrons. The van der Waals surface area contributed by atoms with Crippen molar-refractivity contribution in [1.82, 2.24) is 9.97 Å². The number of hydrogen-bond acceptors (Lipinski definition) is 8. The summed E-state index contributed by atoms with van der Waals surface area (Å²) < 4.78 is 106. The first-order valence-electron chi connectivity index (χ1n) is 19.0.